The van der Waals surface area contributed by atoms with Crippen molar-refractivity contribution in [1.82, 2.24) is 4.98 Å². The highest BCUT2D eigenvalue weighted by Crippen LogP contribution is 2.42. The lowest BCUT2D eigenvalue weighted by atomic mass is 9.93. The summed E-state index contributed by atoms with van der Waals surface area (Å²) in [5, 5.41) is 13.0. The minimum absolute atomic E-state index is 0.160. The van der Waals surface area contributed by atoms with E-state index in [-0.39, 0.29) is 18.1 Å². The van der Waals surface area contributed by atoms with Crippen LogP contribution in [0.1, 0.15) is 36.0 Å². The van der Waals surface area contributed by atoms with E-state index in [0.717, 1.165) is 31.9 Å². The number of nitrogens with zero attached hydrogens (tertiary/aromatic N) is 3. The van der Waals surface area contributed by atoms with Crippen molar-refractivity contribution in [2.24, 2.45) is 0 Å². The molecule has 0 radical (unpaired) electrons. The molecule has 29 heavy (non-hydrogen) atoms. The molecule has 0 saturated heterocycles. The number of aliphatic hydroxyl groups is 1. The SMILES string of the molecule is CN1C(=O)c2ccccc2N(S(C)(=O)=O)c2cc(N[C@H]3CC[C@H](O)CC3)ncc21. The maximum Gasteiger partial charge on any atom is 0.260 e. The Kier molecular flexibility index (Phi) is 4.95. The number of carbonyl (C=O) groups excluding carboxylic acids is 1. The minimum atomic E-state index is -3.71. The Labute approximate surface area is 170 Å². The van der Waals surface area contributed by atoms with Gasteiger partial charge in [0.2, 0.25) is 10.0 Å². The number of sulfonamides is 1. The van der Waals surface area contributed by atoms with Crippen LogP contribution in [0, 0.1) is 0 Å². The van der Waals surface area contributed by atoms with Crippen molar-refractivity contribution in [3.05, 3.63) is 42.1 Å². The lowest BCUT2D eigenvalue weighted by Gasteiger charge is -2.28. The number of amides is 1. The molecule has 0 bridgehead atoms. The quantitative estimate of drug-likeness (QED) is 0.797. The molecule has 1 aromatic carbocycles. The molecule has 4 rings (SSSR count). The van der Waals surface area contributed by atoms with Crippen molar-refractivity contribution >= 4 is 38.8 Å². The Balaban J connectivity index is 1.81. The van der Waals surface area contributed by atoms with Crippen LogP contribution >= 0.6 is 0 Å². The number of para-hydroxylation sites is 1. The fraction of sp³-hybridized carbons (Fsp3) is 0.400. The topological polar surface area (TPSA) is 103 Å². The molecule has 1 aliphatic carbocycles. The van der Waals surface area contributed by atoms with Gasteiger partial charge < -0.3 is 15.3 Å². The summed E-state index contributed by atoms with van der Waals surface area (Å²) in [6.45, 7) is 0. The molecule has 9 heteroatoms. The number of pyridine rings is 1. The number of carbonyl (C=O) groups is 1. The van der Waals surface area contributed by atoms with Gasteiger partial charge in [0.1, 0.15) is 5.82 Å². The highest BCUT2D eigenvalue weighted by atomic mass is 32.2. The van der Waals surface area contributed by atoms with Gasteiger partial charge in [-0.25, -0.2) is 17.7 Å². The largest absolute Gasteiger partial charge is 0.393 e. The zero-order valence-corrected chi connectivity index (χ0v) is 17.2. The molecule has 1 amide bonds. The molecule has 1 aromatic heterocycles. The van der Waals surface area contributed by atoms with Gasteiger partial charge in [0.05, 0.1) is 41.2 Å². The molecule has 2 N–H and O–H groups in total. The van der Waals surface area contributed by atoms with E-state index in [4.69, 9.17) is 0 Å². The van der Waals surface area contributed by atoms with Crippen LogP contribution in [0.5, 0.6) is 0 Å². The van der Waals surface area contributed by atoms with Crippen LogP contribution < -0.4 is 14.5 Å². The van der Waals surface area contributed by atoms with Gasteiger partial charge in [-0.05, 0) is 37.8 Å². The molecule has 0 unspecified atom stereocenters. The van der Waals surface area contributed by atoms with Gasteiger partial charge in [0.25, 0.3) is 5.91 Å². The Morgan fingerprint density at radius 3 is 2.48 bits per heavy atom. The second kappa shape index (κ2) is 7.31. The third-order valence-corrected chi connectivity index (χ3v) is 6.54. The number of fused-ring (bicyclic) bond motifs is 2. The van der Waals surface area contributed by atoms with Crippen LogP contribution in [0.25, 0.3) is 0 Å². The van der Waals surface area contributed by atoms with Crippen molar-refractivity contribution in [3.8, 4) is 0 Å². The summed E-state index contributed by atoms with van der Waals surface area (Å²) in [5.74, 6) is 0.246. The summed E-state index contributed by atoms with van der Waals surface area (Å²) in [6.07, 6.45) is 5.47. The summed E-state index contributed by atoms with van der Waals surface area (Å²) in [7, 11) is -2.10. The third-order valence-electron chi connectivity index (χ3n) is 5.48. The van der Waals surface area contributed by atoms with Crippen molar-refractivity contribution < 1.29 is 18.3 Å². The first kappa shape index (κ1) is 19.7. The van der Waals surface area contributed by atoms with E-state index in [1.807, 2.05) is 0 Å². The summed E-state index contributed by atoms with van der Waals surface area (Å²) in [6, 6.07) is 8.51. The van der Waals surface area contributed by atoms with Gasteiger partial charge in [0.15, 0.2) is 0 Å². The number of hydrogen-bond acceptors (Lipinski definition) is 6. The Hall–Kier alpha value is -2.65. The van der Waals surface area contributed by atoms with Crippen LogP contribution in [0.4, 0.5) is 22.9 Å². The van der Waals surface area contributed by atoms with Gasteiger partial charge in [-0.2, -0.15) is 0 Å². The van der Waals surface area contributed by atoms with Crippen LogP contribution in [-0.2, 0) is 10.0 Å². The molecule has 1 aliphatic heterocycles. The smallest absolute Gasteiger partial charge is 0.260 e. The van der Waals surface area contributed by atoms with Crippen LogP contribution in [0.3, 0.4) is 0 Å². The maximum atomic E-state index is 12.9. The molecular formula is C20H24N4O4S. The van der Waals surface area contributed by atoms with E-state index in [1.54, 1.807) is 37.4 Å². The molecule has 0 atom stereocenters. The molecule has 2 heterocycles. The third kappa shape index (κ3) is 3.67. The first-order valence-electron chi connectivity index (χ1n) is 9.57. The highest BCUT2D eigenvalue weighted by Gasteiger charge is 2.34. The van der Waals surface area contributed by atoms with Gasteiger partial charge in [0, 0.05) is 19.2 Å². The average Bonchev–Trinajstić information content (AvgIpc) is 2.77. The van der Waals surface area contributed by atoms with E-state index >= 15 is 0 Å². The van der Waals surface area contributed by atoms with Gasteiger partial charge in [-0.15, -0.1) is 0 Å². The van der Waals surface area contributed by atoms with E-state index < -0.39 is 10.0 Å². The highest BCUT2D eigenvalue weighted by molar-refractivity contribution is 7.92. The number of nitrogens with one attached hydrogen (secondary N) is 1. The zero-order chi connectivity index (χ0) is 20.8. The zero-order valence-electron chi connectivity index (χ0n) is 16.4. The molecule has 1 saturated carbocycles. The van der Waals surface area contributed by atoms with E-state index in [1.165, 1.54) is 15.4 Å². The normalized spacial score (nSPS) is 22.0. The summed E-state index contributed by atoms with van der Waals surface area (Å²) in [4.78, 5) is 18.8. The lowest BCUT2D eigenvalue weighted by Crippen LogP contribution is -2.29. The fourth-order valence-corrected chi connectivity index (χ4v) is 5.00. The molecular weight excluding hydrogens is 392 g/mol. The van der Waals surface area contributed by atoms with E-state index in [0.29, 0.717) is 28.4 Å². The number of rotatable bonds is 3. The lowest BCUT2D eigenvalue weighted by molar-refractivity contribution is 0.0994. The van der Waals surface area contributed by atoms with Crippen molar-refractivity contribution in [2.45, 2.75) is 37.8 Å². The van der Waals surface area contributed by atoms with Gasteiger partial charge >= 0.3 is 0 Å². The minimum Gasteiger partial charge on any atom is -0.393 e. The second-order valence-corrected chi connectivity index (χ2v) is 9.45. The molecule has 0 spiro atoms. The standard InChI is InChI=1S/C20H24N4O4S/c1-23-18-12-21-19(22-13-7-9-14(25)10-8-13)11-17(18)24(29(2,27)28)16-6-4-3-5-15(16)20(23)26/h3-6,11-14,25H,7-10H2,1-2H3,(H,21,22)/t13-,14-. The summed E-state index contributed by atoms with van der Waals surface area (Å²) >= 11 is 0. The van der Waals surface area contributed by atoms with Crippen molar-refractivity contribution in [3.63, 3.8) is 0 Å². The predicted molar refractivity (Wildman–Crippen MR) is 112 cm³/mol. The van der Waals surface area contributed by atoms with Crippen LogP contribution in [0.2, 0.25) is 0 Å². The van der Waals surface area contributed by atoms with Crippen LogP contribution in [0.15, 0.2) is 36.5 Å². The van der Waals surface area contributed by atoms with Crippen LogP contribution in [-0.4, -0.2) is 49.9 Å². The molecule has 2 aromatic rings. The Morgan fingerprint density at radius 2 is 1.79 bits per heavy atom. The fourth-order valence-electron chi connectivity index (χ4n) is 3.98. The molecule has 2 aliphatic rings. The average molecular weight is 417 g/mol. The number of benzene rings is 1. The van der Waals surface area contributed by atoms with Crippen molar-refractivity contribution in [1.29, 1.82) is 0 Å². The predicted octanol–water partition coefficient (Wildman–Crippen LogP) is 2.48. The second-order valence-electron chi connectivity index (χ2n) is 7.62. The summed E-state index contributed by atoms with van der Waals surface area (Å²) in [5.41, 5.74) is 1.43. The van der Waals surface area contributed by atoms with Gasteiger partial charge in [-0.1, -0.05) is 12.1 Å². The Bertz CT molecular complexity index is 1050. The van der Waals surface area contributed by atoms with Gasteiger partial charge in [-0.3, -0.25) is 4.79 Å². The maximum absolute atomic E-state index is 12.9. The number of hydrogen-bond donors (Lipinski definition) is 2. The number of aromatic nitrogens is 1. The van der Waals surface area contributed by atoms with E-state index in [2.05, 4.69) is 10.3 Å². The monoisotopic (exact) mass is 416 g/mol. The number of anilines is 4. The first-order chi connectivity index (χ1) is 13.8. The van der Waals surface area contributed by atoms with E-state index in [9.17, 15) is 18.3 Å². The number of aliphatic hydroxyl groups excluding tert-OH is 1. The first-order valence-corrected chi connectivity index (χ1v) is 11.4. The Morgan fingerprint density at radius 1 is 1.10 bits per heavy atom. The molecule has 1 fully saturated rings. The molecule has 154 valence electrons. The summed E-state index contributed by atoms with van der Waals surface area (Å²) < 4.78 is 26.7. The molecule has 8 nitrogen and oxygen atoms in total. The van der Waals surface area contributed by atoms with Crippen molar-refractivity contribution in [2.75, 3.05) is 27.8 Å².